The fourth-order valence-corrected chi connectivity index (χ4v) is 3.38. The Labute approximate surface area is 129 Å². The minimum Gasteiger partial charge on any atom is -0.306 e. The molecule has 0 saturated heterocycles. The Morgan fingerprint density at radius 1 is 1.37 bits per heavy atom. The van der Waals surface area contributed by atoms with E-state index < -0.39 is 0 Å². The fourth-order valence-electron chi connectivity index (χ4n) is 2.02. The van der Waals surface area contributed by atoms with Gasteiger partial charge in [-0.15, -0.1) is 0 Å². The Morgan fingerprint density at radius 2 is 2.11 bits per heavy atom. The maximum atomic E-state index is 14.4. The summed E-state index contributed by atoms with van der Waals surface area (Å²) in [4.78, 5) is 0. The van der Waals surface area contributed by atoms with Crippen molar-refractivity contribution in [3.8, 4) is 0 Å². The second-order valence-corrected chi connectivity index (χ2v) is 6.24. The van der Waals surface area contributed by atoms with E-state index in [4.69, 9.17) is 11.6 Å². The molecular formula is C14H14BrClFNS. The Balaban J connectivity index is 2.52. The molecule has 5 heteroatoms. The molecule has 0 spiro atoms. The number of nitrogens with one attached hydrogen (secondary N) is 1. The van der Waals surface area contributed by atoms with Crippen LogP contribution >= 0.6 is 38.9 Å². The second-order valence-electron chi connectivity index (χ2n) is 4.27. The first-order valence-corrected chi connectivity index (χ1v) is 8.07. The molecule has 1 heterocycles. The molecule has 0 radical (unpaired) electrons. The highest BCUT2D eigenvalue weighted by molar-refractivity contribution is 9.10. The molecule has 1 N–H and O–H groups in total. The maximum absolute atomic E-state index is 14.4. The molecule has 1 atom stereocenters. The van der Waals surface area contributed by atoms with Crippen LogP contribution in [0.3, 0.4) is 0 Å². The van der Waals surface area contributed by atoms with Gasteiger partial charge in [0.25, 0.3) is 0 Å². The van der Waals surface area contributed by atoms with Gasteiger partial charge in [0.1, 0.15) is 5.82 Å². The molecule has 0 saturated carbocycles. The third-order valence-corrected chi connectivity index (χ3v) is 5.13. The number of halogens is 3. The molecule has 0 amide bonds. The van der Waals surface area contributed by atoms with E-state index >= 15 is 0 Å². The Kier molecular flexibility index (Phi) is 5.01. The van der Waals surface area contributed by atoms with E-state index in [0.717, 1.165) is 17.7 Å². The summed E-state index contributed by atoms with van der Waals surface area (Å²) < 4.78 is 14.9. The molecule has 0 aliphatic rings. The maximum Gasteiger partial charge on any atom is 0.148 e. The first-order chi connectivity index (χ1) is 9.06. The molecule has 19 heavy (non-hydrogen) atoms. The van der Waals surface area contributed by atoms with Crippen LogP contribution in [0, 0.1) is 12.7 Å². The molecule has 1 nitrogen and oxygen atoms in total. The first-order valence-electron chi connectivity index (χ1n) is 5.95. The zero-order valence-corrected chi connectivity index (χ0v) is 13.8. The summed E-state index contributed by atoms with van der Waals surface area (Å²) in [6, 6.07) is 3.39. The quantitative estimate of drug-likeness (QED) is 0.727. The zero-order chi connectivity index (χ0) is 14.0. The van der Waals surface area contributed by atoms with Gasteiger partial charge in [-0.1, -0.05) is 24.6 Å². The fraction of sp³-hybridized carbons (Fsp3) is 0.286. The highest BCUT2D eigenvalue weighted by atomic mass is 79.9. The lowest BCUT2D eigenvalue weighted by Crippen LogP contribution is -2.23. The minimum absolute atomic E-state index is 0.133. The molecule has 0 aliphatic carbocycles. The average Bonchev–Trinajstić information content (AvgIpc) is 2.80. The van der Waals surface area contributed by atoms with Gasteiger partial charge in [-0.3, -0.25) is 0 Å². The van der Waals surface area contributed by atoms with Gasteiger partial charge in [-0.05, 0) is 57.4 Å². The lowest BCUT2D eigenvalue weighted by atomic mass is 9.98. The predicted molar refractivity (Wildman–Crippen MR) is 83.7 cm³/mol. The van der Waals surface area contributed by atoms with E-state index in [-0.39, 0.29) is 16.9 Å². The van der Waals surface area contributed by atoms with Crippen LogP contribution in [-0.2, 0) is 0 Å². The summed E-state index contributed by atoms with van der Waals surface area (Å²) in [7, 11) is 0. The van der Waals surface area contributed by atoms with Gasteiger partial charge in [-0.2, -0.15) is 11.3 Å². The van der Waals surface area contributed by atoms with Crippen molar-refractivity contribution in [1.82, 2.24) is 5.32 Å². The van der Waals surface area contributed by atoms with E-state index in [0.29, 0.717) is 10.0 Å². The third kappa shape index (κ3) is 3.02. The van der Waals surface area contributed by atoms with Crippen molar-refractivity contribution < 1.29 is 4.39 Å². The van der Waals surface area contributed by atoms with E-state index in [1.54, 1.807) is 23.5 Å². The van der Waals surface area contributed by atoms with Crippen molar-refractivity contribution in [3.63, 3.8) is 0 Å². The normalized spacial score (nSPS) is 12.7. The van der Waals surface area contributed by atoms with Crippen LogP contribution in [0.25, 0.3) is 0 Å². The lowest BCUT2D eigenvalue weighted by molar-refractivity contribution is 0.558. The van der Waals surface area contributed by atoms with Crippen LogP contribution in [-0.4, -0.2) is 6.54 Å². The SMILES string of the molecule is CCNC(c1cscc1C)c1ccc(Br)c(Cl)c1F. The van der Waals surface area contributed by atoms with Crippen LogP contribution < -0.4 is 5.32 Å². The summed E-state index contributed by atoms with van der Waals surface area (Å²) >= 11 is 10.8. The number of benzene rings is 1. The number of aryl methyl sites for hydroxylation is 1. The van der Waals surface area contributed by atoms with Gasteiger partial charge in [0, 0.05) is 10.0 Å². The van der Waals surface area contributed by atoms with E-state index in [1.807, 2.05) is 13.8 Å². The standard InChI is InChI=1S/C14H14BrClFNS/c1-3-18-14(10-7-19-6-8(10)2)9-4-5-11(15)12(16)13(9)17/h4-7,14,18H,3H2,1-2H3. The van der Waals surface area contributed by atoms with Gasteiger partial charge in [0.15, 0.2) is 0 Å². The van der Waals surface area contributed by atoms with Crippen LogP contribution in [0.5, 0.6) is 0 Å². The smallest absolute Gasteiger partial charge is 0.148 e. The van der Waals surface area contributed by atoms with Crippen LogP contribution in [0.4, 0.5) is 4.39 Å². The van der Waals surface area contributed by atoms with Gasteiger partial charge in [0.05, 0.1) is 11.1 Å². The Hall–Kier alpha value is -0.420. The topological polar surface area (TPSA) is 12.0 Å². The third-order valence-electron chi connectivity index (χ3n) is 2.99. The van der Waals surface area contributed by atoms with Crippen molar-refractivity contribution in [2.24, 2.45) is 0 Å². The molecule has 2 aromatic rings. The molecule has 2 rings (SSSR count). The number of thiophene rings is 1. The second kappa shape index (κ2) is 6.35. The Bertz CT molecular complexity index is 585. The van der Waals surface area contributed by atoms with Crippen LogP contribution in [0.1, 0.15) is 29.7 Å². The summed E-state index contributed by atoms with van der Waals surface area (Å²) in [5, 5.41) is 7.58. The van der Waals surface area contributed by atoms with Crippen molar-refractivity contribution in [2.45, 2.75) is 19.9 Å². The summed E-state index contributed by atoms with van der Waals surface area (Å²) in [5.74, 6) is -0.368. The van der Waals surface area contributed by atoms with Gasteiger partial charge < -0.3 is 5.32 Å². The van der Waals surface area contributed by atoms with E-state index in [1.165, 1.54) is 0 Å². The number of rotatable bonds is 4. The molecule has 1 aromatic heterocycles. The number of hydrogen-bond donors (Lipinski definition) is 1. The zero-order valence-electron chi connectivity index (χ0n) is 10.6. The molecule has 1 unspecified atom stereocenters. The highest BCUT2D eigenvalue weighted by Crippen LogP contribution is 2.34. The molecule has 1 aromatic carbocycles. The molecular weight excluding hydrogens is 349 g/mol. The monoisotopic (exact) mass is 361 g/mol. The summed E-state index contributed by atoms with van der Waals surface area (Å²) in [6.07, 6.45) is 0. The predicted octanol–water partition coefficient (Wildman–Crippen LogP) is 5.31. The van der Waals surface area contributed by atoms with Crippen LogP contribution in [0.15, 0.2) is 27.4 Å². The minimum atomic E-state index is -0.368. The molecule has 0 bridgehead atoms. The number of hydrogen-bond acceptors (Lipinski definition) is 2. The lowest BCUT2D eigenvalue weighted by Gasteiger charge is -2.20. The van der Waals surface area contributed by atoms with E-state index in [9.17, 15) is 4.39 Å². The summed E-state index contributed by atoms with van der Waals surface area (Å²) in [5.41, 5.74) is 2.84. The van der Waals surface area contributed by atoms with Gasteiger partial charge in [-0.25, -0.2) is 4.39 Å². The van der Waals surface area contributed by atoms with Crippen molar-refractivity contribution in [1.29, 1.82) is 0 Å². The summed E-state index contributed by atoms with van der Waals surface area (Å²) in [6.45, 7) is 4.80. The molecule has 0 fully saturated rings. The van der Waals surface area contributed by atoms with Gasteiger partial charge >= 0.3 is 0 Å². The van der Waals surface area contributed by atoms with Crippen molar-refractivity contribution in [3.05, 3.63) is 54.9 Å². The van der Waals surface area contributed by atoms with Crippen LogP contribution in [0.2, 0.25) is 5.02 Å². The largest absolute Gasteiger partial charge is 0.306 e. The highest BCUT2D eigenvalue weighted by Gasteiger charge is 2.21. The van der Waals surface area contributed by atoms with Gasteiger partial charge in [0.2, 0.25) is 0 Å². The van der Waals surface area contributed by atoms with Crippen molar-refractivity contribution in [2.75, 3.05) is 6.54 Å². The first kappa shape index (κ1) is 15.0. The van der Waals surface area contributed by atoms with E-state index in [2.05, 4.69) is 32.0 Å². The Morgan fingerprint density at radius 3 is 2.68 bits per heavy atom. The molecule has 0 aliphatic heterocycles. The average molecular weight is 363 g/mol. The molecule has 102 valence electrons. The van der Waals surface area contributed by atoms with Crippen molar-refractivity contribution >= 4 is 38.9 Å².